The Morgan fingerprint density at radius 2 is 1.93 bits per heavy atom. The summed E-state index contributed by atoms with van der Waals surface area (Å²) in [5.74, 6) is -1.60. The maximum atomic E-state index is 15.1. The van der Waals surface area contributed by atoms with E-state index in [0.717, 1.165) is 31.0 Å². The van der Waals surface area contributed by atoms with Crippen molar-refractivity contribution >= 4 is 25.8 Å². The highest BCUT2D eigenvalue weighted by molar-refractivity contribution is 7.36. The van der Waals surface area contributed by atoms with Gasteiger partial charge in [-0.05, 0) is 45.3 Å². The highest BCUT2D eigenvalue weighted by Gasteiger charge is 2.57. The van der Waals surface area contributed by atoms with Crippen LogP contribution < -0.4 is 5.09 Å². The fourth-order valence-electron chi connectivity index (χ4n) is 2.61. The smallest absolute Gasteiger partial charge is 0.462 e. The van der Waals surface area contributed by atoms with Gasteiger partial charge in [-0.1, -0.05) is 5.09 Å². The van der Waals surface area contributed by atoms with Gasteiger partial charge in [0.15, 0.2) is 17.7 Å². The normalized spacial score (nSPS) is 27.9. The van der Waals surface area contributed by atoms with E-state index in [9.17, 15) is 24.1 Å². The minimum Gasteiger partial charge on any atom is -0.462 e. The molecule has 0 spiro atoms. The molecule has 0 aromatic carbocycles. The van der Waals surface area contributed by atoms with Crippen LogP contribution in [0.2, 0.25) is 0 Å². The lowest BCUT2D eigenvalue weighted by molar-refractivity contribution is -0.149. The van der Waals surface area contributed by atoms with E-state index in [0.29, 0.717) is 0 Å². The molecule has 12 heteroatoms. The third-order valence-corrected chi connectivity index (χ3v) is 5.15. The molecule has 6 atom stereocenters. The molecule has 30 heavy (non-hydrogen) atoms. The summed E-state index contributed by atoms with van der Waals surface area (Å²) in [6.45, 7) is 7.74. The fraction of sp³-hybridized carbons (Fsp3) is 0.722. The van der Waals surface area contributed by atoms with E-state index >= 15 is 4.39 Å². The van der Waals surface area contributed by atoms with Gasteiger partial charge in [0.1, 0.15) is 24.9 Å². The minimum atomic E-state index is -2.55. The van der Waals surface area contributed by atoms with Crippen molar-refractivity contribution in [3.63, 3.8) is 0 Å². The number of esters is 1. The highest BCUT2D eigenvalue weighted by Crippen LogP contribution is 2.37. The number of carbonyl (C=O) groups excluding carboxylic acids is 3. The van der Waals surface area contributed by atoms with E-state index in [1.54, 1.807) is 13.8 Å². The lowest BCUT2D eigenvalue weighted by atomic mass is 9.98. The number of alkyl halides is 1. The summed E-state index contributed by atoms with van der Waals surface area (Å²) in [4.78, 5) is 35.6. The number of nitrogens with zero attached hydrogens (tertiary/aromatic N) is 1. The number of hydrogen-bond donors (Lipinski definition) is 2. The number of aliphatic hydroxyl groups excluding tert-OH is 1. The molecule has 10 nitrogen and oxygen atoms in total. The van der Waals surface area contributed by atoms with E-state index in [4.69, 9.17) is 14.0 Å². The molecule has 170 valence electrons. The summed E-state index contributed by atoms with van der Waals surface area (Å²) in [5.41, 5.74) is -2.39. The number of allylic oxidation sites excluding steroid dienone is 1. The number of ether oxygens (including phenoxy) is 2. The monoisotopic (exact) mass is 451 g/mol. The van der Waals surface area contributed by atoms with Gasteiger partial charge >= 0.3 is 14.1 Å². The first-order valence-electron chi connectivity index (χ1n) is 9.34. The van der Waals surface area contributed by atoms with Crippen LogP contribution in [0.3, 0.4) is 0 Å². The number of halogens is 1. The van der Waals surface area contributed by atoms with Crippen LogP contribution in [0.25, 0.3) is 0 Å². The van der Waals surface area contributed by atoms with Crippen molar-refractivity contribution in [1.82, 2.24) is 9.99 Å². The second-order valence-corrected chi connectivity index (χ2v) is 8.40. The zero-order chi connectivity index (χ0) is 23.2. The van der Waals surface area contributed by atoms with Crippen molar-refractivity contribution in [2.75, 3.05) is 6.61 Å². The van der Waals surface area contributed by atoms with Crippen LogP contribution in [0.4, 0.5) is 4.39 Å². The number of aliphatic hydroxyl groups is 1. The van der Waals surface area contributed by atoms with Gasteiger partial charge in [-0.15, -0.1) is 4.52 Å². The summed E-state index contributed by atoms with van der Waals surface area (Å²) in [6.07, 6.45) is -2.69. The molecule has 0 aromatic rings. The molecule has 0 bridgehead atoms. The average Bonchev–Trinajstić information content (AvgIpc) is 2.82. The van der Waals surface area contributed by atoms with Crippen LogP contribution >= 0.6 is 8.18 Å². The van der Waals surface area contributed by atoms with Crippen molar-refractivity contribution in [2.24, 2.45) is 0 Å². The molecule has 1 amide bonds. The summed E-state index contributed by atoms with van der Waals surface area (Å²) in [7, 11) is -2.55. The van der Waals surface area contributed by atoms with Crippen molar-refractivity contribution < 1.29 is 42.4 Å². The van der Waals surface area contributed by atoms with Gasteiger partial charge in [-0.3, -0.25) is 19.3 Å². The fourth-order valence-corrected chi connectivity index (χ4v) is 3.39. The van der Waals surface area contributed by atoms with Crippen molar-refractivity contribution in [1.29, 1.82) is 0 Å². The zero-order valence-electron chi connectivity index (χ0n) is 17.8. The van der Waals surface area contributed by atoms with Crippen molar-refractivity contribution in [2.45, 2.75) is 77.8 Å². The Kier molecular flexibility index (Phi) is 9.64. The maximum absolute atomic E-state index is 15.1. The summed E-state index contributed by atoms with van der Waals surface area (Å²) < 4.78 is 42.6. The zero-order valence-corrected chi connectivity index (χ0v) is 18.7. The Morgan fingerprint density at radius 1 is 1.33 bits per heavy atom. The maximum Gasteiger partial charge on any atom is 0.613 e. The number of ketones is 1. The quantitative estimate of drug-likeness (QED) is 0.287. The summed E-state index contributed by atoms with van der Waals surface area (Å²) in [6, 6.07) is -0.922. The molecule has 2 N–H and O–H groups in total. The molecule has 1 heterocycles. The Balaban J connectivity index is 2.76. The van der Waals surface area contributed by atoms with E-state index < -0.39 is 56.8 Å². The Morgan fingerprint density at radius 3 is 2.43 bits per heavy atom. The SMILES string of the molecule is CC(=O)/C=C\N(C(C)=O)[C@@H]1O[C@H](CO[P+](=O)N[C@@H](C)C(=O)OC(C)C)[C@@H](O)[C@@]1(C)F. The largest absolute Gasteiger partial charge is 0.613 e. The molecular formula is C18H29FN2O8P+. The van der Waals surface area contributed by atoms with Crippen LogP contribution in [-0.4, -0.2) is 70.5 Å². The van der Waals surface area contributed by atoms with Crippen LogP contribution in [0, 0.1) is 0 Å². The summed E-state index contributed by atoms with van der Waals surface area (Å²) in [5, 5.41) is 12.7. The topological polar surface area (TPSA) is 131 Å². The molecule has 0 aliphatic carbocycles. The predicted molar refractivity (Wildman–Crippen MR) is 104 cm³/mol. The van der Waals surface area contributed by atoms with Crippen molar-refractivity contribution in [3.8, 4) is 0 Å². The minimum absolute atomic E-state index is 0.344. The predicted octanol–water partition coefficient (Wildman–Crippen LogP) is 1.36. The third-order valence-electron chi connectivity index (χ3n) is 4.16. The van der Waals surface area contributed by atoms with Gasteiger partial charge < -0.3 is 14.6 Å². The van der Waals surface area contributed by atoms with Gasteiger partial charge in [-0.25, -0.2) is 4.39 Å². The van der Waals surface area contributed by atoms with Gasteiger partial charge in [0.2, 0.25) is 5.91 Å². The molecule has 0 aromatic heterocycles. The van der Waals surface area contributed by atoms with Gasteiger partial charge in [0.05, 0.1) is 6.10 Å². The second-order valence-electron chi connectivity index (χ2n) is 7.36. The van der Waals surface area contributed by atoms with E-state index in [-0.39, 0.29) is 11.9 Å². The van der Waals surface area contributed by atoms with Crippen LogP contribution in [0.5, 0.6) is 0 Å². The standard InChI is InChI=1S/C18H29FN2O8P/c1-10(2)28-16(25)12(4)20-30(26)27-9-14-15(24)18(6,19)17(29-14)21(13(5)23)8-7-11(3)22/h7-8,10,12,14-15,17,24H,9H2,1-6H3,(H,20,26)/q+1/b8-7-/t12-,14+,15+,17+,18+/m0/s1. The average molecular weight is 451 g/mol. The van der Waals surface area contributed by atoms with E-state index in [2.05, 4.69) is 5.09 Å². The van der Waals surface area contributed by atoms with E-state index in [1.165, 1.54) is 13.8 Å². The Hall–Kier alpha value is -1.78. The molecular weight excluding hydrogens is 422 g/mol. The van der Waals surface area contributed by atoms with Gasteiger partial charge in [0.25, 0.3) is 0 Å². The molecule has 1 aliphatic heterocycles. The first kappa shape index (κ1) is 26.3. The first-order chi connectivity index (χ1) is 13.8. The van der Waals surface area contributed by atoms with Gasteiger partial charge in [0, 0.05) is 13.1 Å². The summed E-state index contributed by atoms with van der Waals surface area (Å²) >= 11 is 0. The first-order valence-corrected chi connectivity index (χ1v) is 10.5. The lowest BCUT2D eigenvalue weighted by Crippen LogP contribution is -2.49. The van der Waals surface area contributed by atoms with Crippen molar-refractivity contribution in [3.05, 3.63) is 12.3 Å². The molecule has 1 aliphatic rings. The molecule has 1 rings (SSSR count). The highest BCUT2D eigenvalue weighted by atomic mass is 31.1. The van der Waals surface area contributed by atoms with Gasteiger partial charge in [-0.2, -0.15) is 0 Å². The van der Waals surface area contributed by atoms with E-state index in [1.807, 2.05) is 0 Å². The number of carbonyl (C=O) groups is 3. The lowest BCUT2D eigenvalue weighted by Gasteiger charge is -2.31. The third kappa shape index (κ3) is 7.17. The van der Waals surface area contributed by atoms with Crippen LogP contribution in [0.1, 0.15) is 41.5 Å². The molecule has 0 radical (unpaired) electrons. The Labute approximate surface area is 175 Å². The molecule has 0 saturated carbocycles. The molecule has 1 unspecified atom stereocenters. The second kappa shape index (κ2) is 11.0. The Bertz CT molecular complexity index is 700. The number of amides is 1. The number of hydrogen-bond acceptors (Lipinski definition) is 8. The molecule has 1 saturated heterocycles. The number of rotatable bonds is 10. The number of nitrogens with one attached hydrogen (secondary N) is 1. The van der Waals surface area contributed by atoms with Crippen LogP contribution in [0.15, 0.2) is 12.3 Å². The van der Waals surface area contributed by atoms with Crippen LogP contribution in [-0.2, 0) is 32.9 Å². The molecule has 1 fully saturated rings.